The number of methoxy groups -OCH3 is 1. The third-order valence-corrected chi connectivity index (χ3v) is 3.88. The van der Waals surface area contributed by atoms with Crippen molar-refractivity contribution in [2.24, 2.45) is 0 Å². The molecule has 3 aromatic rings. The van der Waals surface area contributed by atoms with Crippen LogP contribution >= 0.6 is 0 Å². The maximum absolute atomic E-state index is 9.51. The fourth-order valence-corrected chi connectivity index (χ4v) is 2.59. The van der Waals surface area contributed by atoms with E-state index in [0.717, 1.165) is 28.1 Å². The van der Waals surface area contributed by atoms with Crippen LogP contribution in [0.3, 0.4) is 0 Å². The quantitative estimate of drug-likeness (QED) is 0.782. The van der Waals surface area contributed by atoms with E-state index in [-0.39, 0.29) is 5.75 Å². The third-order valence-electron chi connectivity index (χ3n) is 3.88. The average molecular weight is 316 g/mol. The van der Waals surface area contributed by atoms with Crippen LogP contribution in [0.15, 0.2) is 54.6 Å². The van der Waals surface area contributed by atoms with Crippen LogP contribution in [0.2, 0.25) is 0 Å². The van der Waals surface area contributed by atoms with Crippen LogP contribution in [0, 0.1) is 18.3 Å². The fourth-order valence-electron chi connectivity index (χ4n) is 2.59. The normalized spacial score (nSPS) is 10.2. The second kappa shape index (κ2) is 6.43. The van der Waals surface area contributed by atoms with Crippen LogP contribution in [0.5, 0.6) is 11.5 Å². The molecule has 0 amide bonds. The predicted octanol–water partition coefficient (Wildman–Crippen LogP) is 4.31. The molecule has 0 radical (unpaired) electrons. The van der Waals surface area contributed by atoms with E-state index in [1.807, 2.05) is 37.3 Å². The van der Waals surface area contributed by atoms with Crippen LogP contribution in [-0.2, 0) is 0 Å². The highest BCUT2D eigenvalue weighted by atomic mass is 16.5. The van der Waals surface area contributed by atoms with E-state index < -0.39 is 0 Å². The van der Waals surface area contributed by atoms with Gasteiger partial charge in [0.15, 0.2) is 0 Å². The zero-order valence-corrected chi connectivity index (χ0v) is 13.4. The van der Waals surface area contributed by atoms with Gasteiger partial charge in [0, 0.05) is 11.1 Å². The molecule has 0 aliphatic rings. The van der Waals surface area contributed by atoms with Gasteiger partial charge in [-0.25, -0.2) is 0 Å². The van der Waals surface area contributed by atoms with Crippen molar-refractivity contribution in [1.29, 1.82) is 5.26 Å². The summed E-state index contributed by atoms with van der Waals surface area (Å²) in [5.41, 5.74) is 4.64. The van der Waals surface area contributed by atoms with Gasteiger partial charge in [0.1, 0.15) is 17.6 Å². The monoisotopic (exact) mass is 316 g/mol. The van der Waals surface area contributed by atoms with Gasteiger partial charge in [0.05, 0.1) is 24.1 Å². The van der Waals surface area contributed by atoms with Crippen molar-refractivity contribution in [2.75, 3.05) is 7.11 Å². The molecular weight excluding hydrogens is 300 g/mol. The lowest BCUT2D eigenvalue weighted by molar-refractivity contribution is 0.415. The Hall–Kier alpha value is -3.32. The first-order valence-corrected chi connectivity index (χ1v) is 7.48. The summed E-state index contributed by atoms with van der Waals surface area (Å²) in [5.74, 6) is 0.973. The number of pyridine rings is 1. The number of aryl methyl sites for hydroxylation is 1. The van der Waals surface area contributed by atoms with Gasteiger partial charge in [-0.05, 0) is 55.0 Å². The maximum atomic E-state index is 9.51. The molecule has 0 unspecified atom stereocenters. The molecule has 0 spiro atoms. The Morgan fingerprint density at radius 2 is 1.62 bits per heavy atom. The van der Waals surface area contributed by atoms with Crippen molar-refractivity contribution in [3.05, 3.63) is 65.9 Å². The number of ether oxygens (including phenoxy) is 1. The summed E-state index contributed by atoms with van der Waals surface area (Å²) in [6.07, 6.45) is 0. The van der Waals surface area contributed by atoms with Gasteiger partial charge >= 0.3 is 0 Å². The molecule has 0 saturated heterocycles. The van der Waals surface area contributed by atoms with Crippen LogP contribution in [-0.4, -0.2) is 17.2 Å². The van der Waals surface area contributed by atoms with Crippen molar-refractivity contribution < 1.29 is 9.84 Å². The number of benzene rings is 2. The molecule has 1 aromatic heterocycles. The SMILES string of the molecule is COc1ccc(-c2cc(-c3ccc(O)cc3)nc(C)c2C#N)cc1. The molecule has 0 aliphatic heterocycles. The number of aromatic nitrogens is 1. The first-order valence-electron chi connectivity index (χ1n) is 7.48. The zero-order valence-electron chi connectivity index (χ0n) is 13.4. The van der Waals surface area contributed by atoms with Gasteiger partial charge in [-0.2, -0.15) is 5.26 Å². The molecule has 24 heavy (non-hydrogen) atoms. The molecule has 0 bridgehead atoms. The Kier molecular flexibility index (Phi) is 4.17. The van der Waals surface area contributed by atoms with Crippen LogP contribution in [0.25, 0.3) is 22.4 Å². The Morgan fingerprint density at radius 1 is 1.00 bits per heavy atom. The summed E-state index contributed by atoms with van der Waals surface area (Å²) in [6, 6.07) is 18.6. The summed E-state index contributed by atoms with van der Waals surface area (Å²) in [6.45, 7) is 1.83. The van der Waals surface area contributed by atoms with Gasteiger partial charge in [0.25, 0.3) is 0 Å². The number of nitrogens with zero attached hydrogens (tertiary/aromatic N) is 2. The van der Waals surface area contributed by atoms with Crippen molar-refractivity contribution in [2.45, 2.75) is 6.92 Å². The van der Waals surface area contributed by atoms with E-state index in [1.54, 1.807) is 31.4 Å². The molecule has 0 atom stereocenters. The van der Waals surface area contributed by atoms with Crippen molar-refractivity contribution in [3.63, 3.8) is 0 Å². The molecule has 4 heteroatoms. The number of hydrogen-bond donors (Lipinski definition) is 1. The number of phenols is 1. The van der Waals surface area contributed by atoms with Gasteiger partial charge in [0.2, 0.25) is 0 Å². The number of hydrogen-bond acceptors (Lipinski definition) is 4. The van der Waals surface area contributed by atoms with Crippen LogP contribution in [0.4, 0.5) is 0 Å². The van der Waals surface area contributed by atoms with E-state index in [1.165, 1.54) is 0 Å². The molecule has 1 N–H and O–H groups in total. The summed E-state index contributed by atoms with van der Waals surface area (Å²) in [7, 11) is 1.62. The summed E-state index contributed by atoms with van der Waals surface area (Å²) in [5, 5.41) is 19.0. The standard InChI is InChI=1S/C20H16N2O2/c1-13-19(12-21)18(14-5-9-17(24-2)10-6-14)11-20(22-13)15-3-7-16(23)8-4-15/h3-11,23H,1-2H3. The second-order valence-corrected chi connectivity index (χ2v) is 5.40. The molecule has 0 fully saturated rings. The third kappa shape index (κ3) is 2.92. The molecule has 1 heterocycles. The highest BCUT2D eigenvalue weighted by Gasteiger charge is 2.13. The first kappa shape index (κ1) is 15.6. The van der Waals surface area contributed by atoms with Gasteiger partial charge in [-0.3, -0.25) is 4.98 Å². The van der Waals surface area contributed by atoms with Crippen molar-refractivity contribution in [1.82, 2.24) is 4.98 Å². The topological polar surface area (TPSA) is 66.1 Å². The molecule has 0 saturated carbocycles. The Labute approximate surface area is 140 Å². The summed E-state index contributed by atoms with van der Waals surface area (Å²) in [4.78, 5) is 4.53. The molecule has 4 nitrogen and oxygen atoms in total. The Morgan fingerprint density at radius 3 is 2.21 bits per heavy atom. The number of aromatic hydroxyl groups is 1. The second-order valence-electron chi connectivity index (χ2n) is 5.40. The minimum absolute atomic E-state index is 0.208. The molecular formula is C20H16N2O2. The number of phenolic OH excluding ortho intramolecular Hbond substituents is 1. The lowest BCUT2D eigenvalue weighted by atomic mass is 9.97. The van der Waals surface area contributed by atoms with E-state index in [0.29, 0.717) is 11.3 Å². The Bertz CT molecular complexity index is 908. The van der Waals surface area contributed by atoms with E-state index >= 15 is 0 Å². The lowest BCUT2D eigenvalue weighted by Gasteiger charge is -2.11. The largest absolute Gasteiger partial charge is 0.508 e. The number of rotatable bonds is 3. The predicted molar refractivity (Wildman–Crippen MR) is 92.8 cm³/mol. The lowest BCUT2D eigenvalue weighted by Crippen LogP contribution is -1.96. The Balaban J connectivity index is 2.16. The summed E-state index contributed by atoms with van der Waals surface area (Å²) >= 11 is 0. The van der Waals surface area contributed by atoms with Crippen molar-refractivity contribution in [3.8, 4) is 40.0 Å². The highest BCUT2D eigenvalue weighted by molar-refractivity contribution is 5.77. The molecule has 118 valence electrons. The molecule has 2 aromatic carbocycles. The van der Waals surface area contributed by atoms with Gasteiger partial charge in [-0.1, -0.05) is 12.1 Å². The minimum atomic E-state index is 0.208. The smallest absolute Gasteiger partial charge is 0.118 e. The highest BCUT2D eigenvalue weighted by Crippen LogP contribution is 2.31. The first-order chi connectivity index (χ1) is 11.6. The minimum Gasteiger partial charge on any atom is -0.508 e. The summed E-state index contributed by atoms with van der Waals surface area (Å²) < 4.78 is 5.19. The van der Waals surface area contributed by atoms with E-state index in [2.05, 4.69) is 11.1 Å². The van der Waals surface area contributed by atoms with Crippen LogP contribution < -0.4 is 4.74 Å². The fraction of sp³-hybridized carbons (Fsp3) is 0.100. The average Bonchev–Trinajstić information content (AvgIpc) is 2.61. The zero-order chi connectivity index (χ0) is 17.1. The van der Waals surface area contributed by atoms with Gasteiger partial charge in [-0.15, -0.1) is 0 Å². The van der Waals surface area contributed by atoms with Crippen LogP contribution in [0.1, 0.15) is 11.3 Å². The molecule has 0 aliphatic carbocycles. The van der Waals surface area contributed by atoms with E-state index in [9.17, 15) is 10.4 Å². The molecule has 3 rings (SSSR count). The maximum Gasteiger partial charge on any atom is 0.118 e. The van der Waals surface area contributed by atoms with E-state index in [4.69, 9.17) is 4.74 Å². The van der Waals surface area contributed by atoms with Crippen molar-refractivity contribution >= 4 is 0 Å². The van der Waals surface area contributed by atoms with Gasteiger partial charge < -0.3 is 9.84 Å². The number of nitriles is 1.